The van der Waals surface area contributed by atoms with Crippen LogP contribution in [0.1, 0.15) is 43.0 Å². The SMILES string of the molecule is CCN1C(=O)CCC12CCN(C(=O)c1cccnc1)CC2. The van der Waals surface area contributed by atoms with Crippen LogP contribution in [-0.2, 0) is 4.79 Å². The first-order chi connectivity index (χ1) is 10.2. The van der Waals surface area contributed by atoms with Gasteiger partial charge in [-0.25, -0.2) is 0 Å². The molecule has 2 amide bonds. The van der Waals surface area contributed by atoms with Crippen LogP contribution in [0, 0.1) is 0 Å². The van der Waals surface area contributed by atoms with Crippen LogP contribution in [0.25, 0.3) is 0 Å². The number of rotatable bonds is 2. The highest BCUT2D eigenvalue weighted by atomic mass is 16.2. The Balaban J connectivity index is 1.68. The van der Waals surface area contributed by atoms with E-state index >= 15 is 0 Å². The molecular formula is C16H21N3O2. The summed E-state index contributed by atoms with van der Waals surface area (Å²) in [6.45, 7) is 4.25. The average Bonchev–Trinajstić information content (AvgIpc) is 2.84. The van der Waals surface area contributed by atoms with Gasteiger partial charge in [-0.15, -0.1) is 0 Å². The summed E-state index contributed by atoms with van der Waals surface area (Å²) in [7, 11) is 0. The summed E-state index contributed by atoms with van der Waals surface area (Å²) in [6, 6.07) is 3.59. The first-order valence-corrected chi connectivity index (χ1v) is 7.66. The first-order valence-electron chi connectivity index (χ1n) is 7.66. The number of piperidine rings is 1. The zero-order chi connectivity index (χ0) is 14.9. The van der Waals surface area contributed by atoms with Crippen LogP contribution in [0.4, 0.5) is 0 Å². The molecule has 0 aromatic carbocycles. The lowest BCUT2D eigenvalue weighted by Gasteiger charge is -2.44. The van der Waals surface area contributed by atoms with Crippen molar-refractivity contribution in [2.45, 2.75) is 38.1 Å². The van der Waals surface area contributed by atoms with Gasteiger partial charge in [0, 0.05) is 44.0 Å². The Morgan fingerprint density at radius 2 is 2.10 bits per heavy atom. The van der Waals surface area contributed by atoms with E-state index in [0.29, 0.717) is 12.0 Å². The molecular weight excluding hydrogens is 266 g/mol. The lowest BCUT2D eigenvalue weighted by molar-refractivity contribution is -0.132. The van der Waals surface area contributed by atoms with Gasteiger partial charge in [0.25, 0.3) is 5.91 Å². The van der Waals surface area contributed by atoms with Crippen LogP contribution in [-0.4, -0.2) is 51.8 Å². The molecule has 0 unspecified atom stereocenters. The Hall–Kier alpha value is -1.91. The summed E-state index contributed by atoms with van der Waals surface area (Å²) < 4.78 is 0. The predicted molar refractivity (Wildman–Crippen MR) is 78.7 cm³/mol. The summed E-state index contributed by atoms with van der Waals surface area (Å²) in [6.07, 6.45) is 6.66. The summed E-state index contributed by atoms with van der Waals surface area (Å²) in [5, 5.41) is 0. The predicted octanol–water partition coefficient (Wildman–Crippen LogP) is 1.70. The van der Waals surface area contributed by atoms with Gasteiger partial charge in [0.15, 0.2) is 0 Å². The Morgan fingerprint density at radius 3 is 2.71 bits per heavy atom. The topological polar surface area (TPSA) is 53.5 Å². The number of carbonyl (C=O) groups is 2. The minimum atomic E-state index is -0.00243. The second-order valence-corrected chi connectivity index (χ2v) is 5.90. The van der Waals surface area contributed by atoms with E-state index in [4.69, 9.17) is 0 Å². The molecule has 2 fully saturated rings. The normalized spacial score (nSPS) is 21.1. The van der Waals surface area contributed by atoms with Gasteiger partial charge in [0.1, 0.15) is 0 Å². The highest BCUT2D eigenvalue weighted by molar-refractivity contribution is 5.94. The van der Waals surface area contributed by atoms with Gasteiger partial charge in [-0.2, -0.15) is 0 Å². The van der Waals surface area contributed by atoms with Gasteiger partial charge in [0.05, 0.1) is 5.56 Å². The molecule has 1 spiro atoms. The van der Waals surface area contributed by atoms with Crippen LogP contribution in [0.15, 0.2) is 24.5 Å². The van der Waals surface area contributed by atoms with Crippen LogP contribution in [0.3, 0.4) is 0 Å². The van der Waals surface area contributed by atoms with Gasteiger partial charge in [0.2, 0.25) is 5.91 Å². The monoisotopic (exact) mass is 287 g/mol. The molecule has 1 aromatic rings. The second-order valence-electron chi connectivity index (χ2n) is 5.90. The highest BCUT2D eigenvalue weighted by Crippen LogP contribution is 2.39. The lowest BCUT2D eigenvalue weighted by atomic mass is 9.85. The molecule has 3 heterocycles. The second kappa shape index (κ2) is 5.47. The van der Waals surface area contributed by atoms with Crippen molar-refractivity contribution in [1.29, 1.82) is 0 Å². The average molecular weight is 287 g/mol. The number of nitrogens with zero attached hydrogens (tertiary/aromatic N) is 3. The Morgan fingerprint density at radius 1 is 1.33 bits per heavy atom. The maximum absolute atomic E-state index is 12.4. The standard InChI is InChI=1S/C16H21N3O2/c1-2-19-14(20)5-6-16(19)7-10-18(11-8-16)15(21)13-4-3-9-17-12-13/h3-4,9,12H,2,5-8,10-11H2,1H3. The smallest absolute Gasteiger partial charge is 0.255 e. The summed E-state index contributed by atoms with van der Waals surface area (Å²) in [5.74, 6) is 0.315. The number of hydrogen-bond donors (Lipinski definition) is 0. The van der Waals surface area contributed by atoms with Crippen LogP contribution in [0.5, 0.6) is 0 Å². The third-order valence-corrected chi connectivity index (χ3v) is 4.88. The fraction of sp³-hybridized carbons (Fsp3) is 0.562. The van der Waals surface area contributed by atoms with Crippen molar-refractivity contribution in [2.24, 2.45) is 0 Å². The Labute approximate surface area is 124 Å². The van der Waals surface area contributed by atoms with Crippen molar-refractivity contribution in [1.82, 2.24) is 14.8 Å². The molecule has 0 saturated carbocycles. The minimum absolute atomic E-state index is 0.00243. The van der Waals surface area contributed by atoms with E-state index in [0.717, 1.165) is 38.9 Å². The summed E-state index contributed by atoms with van der Waals surface area (Å²) >= 11 is 0. The van der Waals surface area contributed by atoms with Gasteiger partial charge in [-0.1, -0.05) is 0 Å². The third-order valence-electron chi connectivity index (χ3n) is 4.88. The molecule has 0 radical (unpaired) electrons. The Kier molecular flexibility index (Phi) is 3.66. The molecule has 21 heavy (non-hydrogen) atoms. The molecule has 112 valence electrons. The number of hydrogen-bond acceptors (Lipinski definition) is 3. The van der Waals surface area contributed by atoms with Crippen molar-refractivity contribution in [3.63, 3.8) is 0 Å². The van der Waals surface area contributed by atoms with E-state index in [2.05, 4.69) is 4.98 Å². The molecule has 2 aliphatic rings. The summed E-state index contributed by atoms with van der Waals surface area (Å²) in [5.41, 5.74) is 0.640. The molecule has 1 aromatic heterocycles. The molecule has 0 bridgehead atoms. The fourth-order valence-corrected chi connectivity index (χ4v) is 3.70. The molecule has 0 N–H and O–H groups in total. The molecule has 0 aliphatic carbocycles. The number of amides is 2. The quantitative estimate of drug-likeness (QED) is 0.832. The molecule has 2 aliphatic heterocycles. The van der Waals surface area contributed by atoms with Gasteiger partial charge in [-0.3, -0.25) is 14.6 Å². The zero-order valence-electron chi connectivity index (χ0n) is 12.4. The Bertz CT molecular complexity index is 536. The van der Waals surface area contributed by atoms with Crippen LogP contribution < -0.4 is 0 Å². The number of pyridine rings is 1. The largest absolute Gasteiger partial charge is 0.338 e. The maximum Gasteiger partial charge on any atom is 0.255 e. The van der Waals surface area contributed by atoms with E-state index in [1.54, 1.807) is 24.5 Å². The van der Waals surface area contributed by atoms with E-state index in [1.165, 1.54) is 0 Å². The van der Waals surface area contributed by atoms with E-state index in [-0.39, 0.29) is 17.4 Å². The zero-order valence-corrected chi connectivity index (χ0v) is 12.4. The van der Waals surface area contributed by atoms with Gasteiger partial charge in [-0.05, 0) is 38.3 Å². The molecule has 2 saturated heterocycles. The van der Waals surface area contributed by atoms with E-state index < -0.39 is 0 Å². The molecule has 5 nitrogen and oxygen atoms in total. The number of likely N-dealkylation sites (tertiary alicyclic amines) is 2. The van der Waals surface area contributed by atoms with Crippen molar-refractivity contribution in [3.05, 3.63) is 30.1 Å². The number of carbonyl (C=O) groups excluding carboxylic acids is 2. The van der Waals surface area contributed by atoms with Crippen molar-refractivity contribution in [2.75, 3.05) is 19.6 Å². The highest BCUT2D eigenvalue weighted by Gasteiger charge is 2.46. The number of aromatic nitrogens is 1. The van der Waals surface area contributed by atoms with E-state index in [9.17, 15) is 9.59 Å². The summed E-state index contributed by atoms with van der Waals surface area (Å²) in [4.78, 5) is 32.3. The van der Waals surface area contributed by atoms with Gasteiger partial charge < -0.3 is 9.80 Å². The molecule has 5 heteroatoms. The van der Waals surface area contributed by atoms with Crippen LogP contribution in [0.2, 0.25) is 0 Å². The van der Waals surface area contributed by atoms with Crippen molar-refractivity contribution < 1.29 is 9.59 Å². The first kappa shape index (κ1) is 14.0. The minimum Gasteiger partial charge on any atom is -0.338 e. The maximum atomic E-state index is 12.4. The van der Waals surface area contributed by atoms with Crippen molar-refractivity contribution >= 4 is 11.8 Å². The van der Waals surface area contributed by atoms with E-state index in [1.807, 2.05) is 16.7 Å². The lowest BCUT2D eigenvalue weighted by Crippen LogP contribution is -2.54. The third kappa shape index (κ3) is 2.41. The van der Waals surface area contributed by atoms with Crippen LogP contribution >= 0.6 is 0 Å². The molecule has 0 atom stereocenters. The molecule has 3 rings (SSSR count). The van der Waals surface area contributed by atoms with Crippen molar-refractivity contribution in [3.8, 4) is 0 Å². The van der Waals surface area contributed by atoms with Gasteiger partial charge >= 0.3 is 0 Å². The fourth-order valence-electron chi connectivity index (χ4n) is 3.70.